The van der Waals surface area contributed by atoms with E-state index in [2.05, 4.69) is 17.1 Å². The molecule has 1 aromatic carbocycles. The monoisotopic (exact) mass is 229 g/mol. The molecule has 17 heavy (non-hydrogen) atoms. The van der Waals surface area contributed by atoms with E-state index in [0.29, 0.717) is 0 Å². The fraction of sp³-hybridized carbons (Fsp3) is 0.400. The summed E-state index contributed by atoms with van der Waals surface area (Å²) in [6.45, 7) is 3.50. The number of hydrogen-bond acceptors (Lipinski definition) is 2. The number of likely N-dealkylation sites (tertiary alicyclic amines) is 1. The summed E-state index contributed by atoms with van der Waals surface area (Å²) in [5.41, 5.74) is 1.89. The van der Waals surface area contributed by atoms with Crippen LogP contribution in [0.4, 0.5) is 0 Å². The molecule has 1 heterocycles. The average Bonchev–Trinajstić information content (AvgIpc) is 2.41. The Labute approximate surface area is 103 Å². The van der Waals surface area contributed by atoms with Gasteiger partial charge in [-0.1, -0.05) is 42.8 Å². The smallest absolute Gasteiger partial charge is 0.150 e. The lowest BCUT2D eigenvalue weighted by Crippen LogP contribution is -2.29. The van der Waals surface area contributed by atoms with Crippen LogP contribution >= 0.6 is 0 Å². The highest BCUT2D eigenvalue weighted by molar-refractivity contribution is 5.75. The fourth-order valence-electron chi connectivity index (χ4n) is 2.17. The van der Waals surface area contributed by atoms with E-state index in [1.807, 2.05) is 24.3 Å². The minimum atomic E-state index is 0.734. The van der Waals surface area contributed by atoms with Crippen molar-refractivity contribution in [1.82, 2.24) is 4.90 Å². The van der Waals surface area contributed by atoms with Gasteiger partial charge in [0.1, 0.15) is 6.29 Å². The van der Waals surface area contributed by atoms with Gasteiger partial charge in [-0.3, -0.25) is 9.69 Å². The van der Waals surface area contributed by atoms with Crippen LogP contribution in [0.15, 0.2) is 30.3 Å². The molecule has 1 aromatic rings. The molecule has 0 saturated carbocycles. The summed E-state index contributed by atoms with van der Waals surface area (Å²) < 4.78 is 0. The first kappa shape index (κ1) is 12.1. The van der Waals surface area contributed by atoms with Crippen molar-refractivity contribution in [1.29, 1.82) is 0 Å². The Morgan fingerprint density at radius 3 is 2.29 bits per heavy atom. The molecule has 0 aromatic heterocycles. The van der Waals surface area contributed by atoms with Gasteiger partial charge in [0.05, 0.1) is 0 Å². The van der Waals surface area contributed by atoms with Gasteiger partial charge in [0.25, 0.3) is 0 Å². The van der Waals surface area contributed by atoms with Gasteiger partial charge in [0.2, 0.25) is 0 Å². The molecule has 1 fully saturated rings. The lowest BCUT2D eigenvalue weighted by Gasteiger charge is -2.24. The number of carbonyl (C=O) groups excluding carboxylic acids is 1. The molecule has 90 valence electrons. The molecule has 0 spiro atoms. The van der Waals surface area contributed by atoms with Gasteiger partial charge in [-0.05, 0) is 31.5 Å². The van der Waals surface area contributed by atoms with Gasteiger partial charge in [-0.25, -0.2) is 0 Å². The lowest BCUT2D eigenvalue weighted by atomic mass is 10.1. The predicted molar refractivity (Wildman–Crippen MR) is 71.2 cm³/mol. The van der Waals surface area contributed by atoms with E-state index in [1.54, 1.807) is 0 Å². The van der Waals surface area contributed by atoms with E-state index in [4.69, 9.17) is 0 Å². The first-order chi connectivity index (χ1) is 8.38. The zero-order valence-electron chi connectivity index (χ0n) is 10.1. The summed E-state index contributed by atoms with van der Waals surface area (Å²) in [6.07, 6.45) is 9.27. The molecule has 2 heteroatoms. The maximum atomic E-state index is 10.5. The molecular weight excluding hydrogens is 210 g/mol. The molecule has 1 aliphatic rings. The second-order valence-electron chi connectivity index (χ2n) is 4.55. The van der Waals surface area contributed by atoms with Crippen molar-refractivity contribution in [3.63, 3.8) is 0 Å². The molecule has 0 N–H and O–H groups in total. The normalized spacial score (nSPS) is 17.4. The number of carbonyl (C=O) groups is 1. The number of aldehydes is 1. The summed E-state index contributed by atoms with van der Waals surface area (Å²) >= 11 is 0. The molecule has 0 radical (unpaired) electrons. The largest absolute Gasteiger partial charge is 0.300 e. The Hall–Kier alpha value is -1.41. The predicted octanol–water partition coefficient (Wildman–Crippen LogP) is 3.00. The average molecular weight is 229 g/mol. The van der Waals surface area contributed by atoms with Crippen LogP contribution in [0.3, 0.4) is 0 Å². The van der Waals surface area contributed by atoms with Crippen molar-refractivity contribution in [2.24, 2.45) is 0 Å². The SMILES string of the molecule is O=Cc1ccc(C=CCN2CCCCC2)cc1. The summed E-state index contributed by atoms with van der Waals surface area (Å²) in [7, 11) is 0. The van der Waals surface area contributed by atoms with Crippen molar-refractivity contribution >= 4 is 12.4 Å². The number of piperidine rings is 1. The van der Waals surface area contributed by atoms with Crippen LogP contribution in [-0.4, -0.2) is 30.8 Å². The zero-order chi connectivity index (χ0) is 11.9. The minimum absolute atomic E-state index is 0.734. The molecule has 2 rings (SSSR count). The highest BCUT2D eigenvalue weighted by atomic mass is 16.1. The van der Waals surface area contributed by atoms with Crippen molar-refractivity contribution in [3.05, 3.63) is 41.5 Å². The van der Waals surface area contributed by atoms with Gasteiger partial charge < -0.3 is 0 Å². The van der Waals surface area contributed by atoms with Gasteiger partial charge in [0.15, 0.2) is 0 Å². The molecule has 0 aliphatic carbocycles. The Bertz CT molecular complexity index is 374. The third-order valence-corrected chi connectivity index (χ3v) is 3.20. The van der Waals surface area contributed by atoms with Crippen LogP contribution in [0.5, 0.6) is 0 Å². The van der Waals surface area contributed by atoms with E-state index in [1.165, 1.54) is 32.4 Å². The van der Waals surface area contributed by atoms with Gasteiger partial charge in [-0.2, -0.15) is 0 Å². The minimum Gasteiger partial charge on any atom is -0.300 e. The quantitative estimate of drug-likeness (QED) is 0.740. The number of nitrogens with zero attached hydrogens (tertiary/aromatic N) is 1. The van der Waals surface area contributed by atoms with Crippen LogP contribution in [0.25, 0.3) is 6.08 Å². The molecule has 1 aliphatic heterocycles. The van der Waals surface area contributed by atoms with E-state index in [-0.39, 0.29) is 0 Å². The van der Waals surface area contributed by atoms with Crippen LogP contribution in [0, 0.1) is 0 Å². The summed E-state index contributed by atoms with van der Waals surface area (Å²) in [6, 6.07) is 7.67. The van der Waals surface area contributed by atoms with Crippen molar-refractivity contribution in [2.75, 3.05) is 19.6 Å². The van der Waals surface area contributed by atoms with Crippen LogP contribution in [0.2, 0.25) is 0 Å². The van der Waals surface area contributed by atoms with Crippen molar-refractivity contribution in [2.45, 2.75) is 19.3 Å². The Morgan fingerprint density at radius 1 is 1.00 bits per heavy atom. The first-order valence-corrected chi connectivity index (χ1v) is 6.32. The highest BCUT2D eigenvalue weighted by Gasteiger charge is 2.07. The highest BCUT2D eigenvalue weighted by Crippen LogP contribution is 2.09. The number of hydrogen-bond donors (Lipinski definition) is 0. The van der Waals surface area contributed by atoms with Gasteiger partial charge >= 0.3 is 0 Å². The number of rotatable bonds is 4. The van der Waals surface area contributed by atoms with Crippen molar-refractivity contribution in [3.8, 4) is 0 Å². The maximum absolute atomic E-state index is 10.5. The van der Waals surface area contributed by atoms with Crippen LogP contribution < -0.4 is 0 Å². The zero-order valence-corrected chi connectivity index (χ0v) is 10.1. The van der Waals surface area contributed by atoms with Gasteiger partial charge in [0, 0.05) is 12.1 Å². The second kappa shape index (κ2) is 6.36. The van der Waals surface area contributed by atoms with Crippen molar-refractivity contribution < 1.29 is 4.79 Å². The Morgan fingerprint density at radius 2 is 1.65 bits per heavy atom. The number of benzene rings is 1. The molecule has 0 unspecified atom stereocenters. The summed E-state index contributed by atoms with van der Waals surface area (Å²) in [4.78, 5) is 13.0. The molecule has 0 bridgehead atoms. The maximum Gasteiger partial charge on any atom is 0.150 e. The topological polar surface area (TPSA) is 20.3 Å². The van der Waals surface area contributed by atoms with Crippen LogP contribution in [0.1, 0.15) is 35.2 Å². The Balaban J connectivity index is 1.84. The van der Waals surface area contributed by atoms with E-state index in [9.17, 15) is 4.79 Å². The third-order valence-electron chi connectivity index (χ3n) is 3.20. The molecule has 1 saturated heterocycles. The fourth-order valence-corrected chi connectivity index (χ4v) is 2.17. The van der Waals surface area contributed by atoms with Crippen LogP contribution in [-0.2, 0) is 0 Å². The standard InChI is InChI=1S/C15H19NO/c17-13-15-8-6-14(7-9-15)5-4-12-16-10-2-1-3-11-16/h4-9,13H,1-3,10-12H2. The molecule has 0 amide bonds. The molecule has 0 atom stereocenters. The van der Waals surface area contributed by atoms with E-state index >= 15 is 0 Å². The van der Waals surface area contributed by atoms with E-state index < -0.39 is 0 Å². The second-order valence-corrected chi connectivity index (χ2v) is 4.55. The third kappa shape index (κ3) is 3.82. The summed E-state index contributed by atoms with van der Waals surface area (Å²) in [5.74, 6) is 0. The van der Waals surface area contributed by atoms with E-state index in [0.717, 1.165) is 24.0 Å². The van der Waals surface area contributed by atoms with Gasteiger partial charge in [-0.15, -0.1) is 0 Å². The molecular formula is C15H19NO. The summed E-state index contributed by atoms with van der Waals surface area (Å²) in [5, 5.41) is 0. The first-order valence-electron chi connectivity index (χ1n) is 6.32. The lowest BCUT2D eigenvalue weighted by molar-refractivity contribution is 0.112. The Kier molecular flexibility index (Phi) is 4.51. The molecule has 2 nitrogen and oxygen atoms in total.